The van der Waals surface area contributed by atoms with Crippen LogP contribution in [0.5, 0.6) is 0 Å². The molecular formula is C8H4ClN2. The first kappa shape index (κ1) is 6.55. The van der Waals surface area contributed by atoms with E-state index in [0.29, 0.717) is 5.02 Å². The van der Waals surface area contributed by atoms with E-state index in [9.17, 15) is 0 Å². The van der Waals surface area contributed by atoms with Crippen LogP contribution in [-0.4, -0.2) is 9.97 Å². The molecule has 3 heteroatoms. The monoisotopic (exact) mass is 163 g/mol. The van der Waals surface area contributed by atoms with Gasteiger partial charge in [0, 0.05) is 11.6 Å². The predicted octanol–water partition coefficient (Wildman–Crippen LogP) is 2.08. The molecule has 1 heterocycles. The van der Waals surface area contributed by atoms with E-state index < -0.39 is 0 Å². The Morgan fingerprint density at radius 1 is 1.36 bits per heavy atom. The molecule has 1 aromatic carbocycles. The lowest BCUT2D eigenvalue weighted by Crippen LogP contribution is -1.80. The molecule has 0 N–H and O–H groups in total. The second-order valence-electron chi connectivity index (χ2n) is 2.12. The number of nitrogens with zero attached hydrogens (tertiary/aromatic N) is 2. The van der Waals surface area contributed by atoms with Gasteiger partial charge in [-0.2, -0.15) is 0 Å². The van der Waals surface area contributed by atoms with Gasteiger partial charge in [0.05, 0.1) is 10.5 Å². The molecule has 53 valence electrons. The van der Waals surface area contributed by atoms with Crippen molar-refractivity contribution in [3.05, 3.63) is 35.7 Å². The molecule has 2 rings (SSSR count). The molecule has 0 unspecified atom stereocenters. The van der Waals surface area contributed by atoms with Crippen molar-refractivity contribution in [2.75, 3.05) is 0 Å². The summed E-state index contributed by atoms with van der Waals surface area (Å²) in [5.41, 5.74) is 0.826. The summed E-state index contributed by atoms with van der Waals surface area (Å²) in [4.78, 5) is 7.88. The van der Waals surface area contributed by atoms with Gasteiger partial charge >= 0.3 is 0 Å². The van der Waals surface area contributed by atoms with Gasteiger partial charge in [0.2, 0.25) is 0 Å². The summed E-state index contributed by atoms with van der Waals surface area (Å²) in [5, 5.41) is 1.51. The van der Waals surface area contributed by atoms with Crippen molar-refractivity contribution in [3.8, 4) is 0 Å². The van der Waals surface area contributed by atoms with E-state index in [1.54, 1.807) is 18.3 Å². The number of benzene rings is 1. The molecule has 0 aliphatic rings. The van der Waals surface area contributed by atoms with Crippen LogP contribution in [0.1, 0.15) is 0 Å². The van der Waals surface area contributed by atoms with Crippen LogP contribution >= 0.6 is 11.6 Å². The van der Waals surface area contributed by atoms with Crippen molar-refractivity contribution >= 4 is 22.5 Å². The first-order valence-electron chi connectivity index (χ1n) is 3.13. The van der Waals surface area contributed by atoms with E-state index in [2.05, 4.69) is 16.0 Å². The lowest BCUT2D eigenvalue weighted by molar-refractivity contribution is 1.22. The Morgan fingerprint density at radius 3 is 3.09 bits per heavy atom. The molecule has 0 saturated heterocycles. The topological polar surface area (TPSA) is 25.8 Å². The zero-order valence-corrected chi connectivity index (χ0v) is 6.34. The number of hydrogen-bond acceptors (Lipinski definition) is 2. The van der Waals surface area contributed by atoms with Crippen molar-refractivity contribution in [1.82, 2.24) is 9.97 Å². The number of fused-ring (bicyclic) bond motifs is 1. The van der Waals surface area contributed by atoms with Crippen LogP contribution in [-0.2, 0) is 0 Å². The fraction of sp³-hybridized carbons (Fsp3) is 0. The third-order valence-corrected chi connectivity index (χ3v) is 1.74. The summed E-state index contributed by atoms with van der Waals surface area (Å²) in [7, 11) is 0. The Bertz CT molecular complexity index is 381. The molecule has 0 aliphatic carbocycles. The SMILES string of the molecule is Clc1c[c]cc2ncncc12. The largest absolute Gasteiger partial charge is 0.244 e. The maximum atomic E-state index is 5.85. The average Bonchev–Trinajstić information content (AvgIpc) is 2.06. The van der Waals surface area contributed by atoms with E-state index >= 15 is 0 Å². The van der Waals surface area contributed by atoms with E-state index in [1.807, 2.05) is 0 Å². The van der Waals surface area contributed by atoms with Gasteiger partial charge in [-0.05, 0) is 18.2 Å². The maximum absolute atomic E-state index is 5.85. The first-order valence-corrected chi connectivity index (χ1v) is 3.51. The minimum absolute atomic E-state index is 0.642. The molecule has 1 radical (unpaired) electrons. The minimum Gasteiger partial charge on any atom is -0.244 e. The van der Waals surface area contributed by atoms with Crippen LogP contribution in [0, 0.1) is 6.07 Å². The summed E-state index contributed by atoms with van der Waals surface area (Å²) >= 11 is 5.85. The molecule has 2 nitrogen and oxygen atoms in total. The lowest BCUT2D eigenvalue weighted by Gasteiger charge is -1.95. The van der Waals surface area contributed by atoms with Crippen LogP contribution in [0.2, 0.25) is 5.02 Å². The van der Waals surface area contributed by atoms with Gasteiger partial charge in [0.25, 0.3) is 0 Å². The third kappa shape index (κ3) is 1.05. The zero-order valence-electron chi connectivity index (χ0n) is 5.58. The van der Waals surface area contributed by atoms with Crippen LogP contribution in [0.3, 0.4) is 0 Å². The summed E-state index contributed by atoms with van der Waals surface area (Å²) in [6, 6.07) is 6.36. The fourth-order valence-electron chi connectivity index (χ4n) is 0.910. The van der Waals surface area contributed by atoms with Crippen molar-refractivity contribution in [3.63, 3.8) is 0 Å². The first-order chi connectivity index (χ1) is 5.38. The van der Waals surface area contributed by atoms with Gasteiger partial charge in [-0.1, -0.05) is 11.6 Å². The minimum atomic E-state index is 0.642. The Hall–Kier alpha value is -1.15. The summed E-state index contributed by atoms with van der Waals surface area (Å²) in [6.45, 7) is 0. The predicted molar refractivity (Wildman–Crippen MR) is 43.4 cm³/mol. The second-order valence-corrected chi connectivity index (χ2v) is 2.53. The molecule has 2 aromatic rings. The Morgan fingerprint density at radius 2 is 2.27 bits per heavy atom. The highest BCUT2D eigenvalue weighted by Gasteiger charge is 1.96. The molecule has 0 fully saturated rings. The normalized spacial score (nSPS) is 10.3. The van der Waals surface area contributed by atoms with E-state index in [-0.39, 0.29) is 0 Å². The molecule has 0 amide bonds. The molecular weight excluding hydrogens is 160 g/mol. The highest BCUT2D eigenvalue weighted by molar-refractivity contribution is 6.35. The number of aromatic nitrogens is 2. The summed E-state index contributed by atoms with van der Waals surface area (Å²) in [5.74, 6) is 0. The van der Waals surface area contributed by atoms with Crippen molar-refractivity contribution < 1.29 is 0 Å². The van der Waals surface area contributed by atoms with Gasteiger partial charge in [0.1, 0.15) is 6.33 Å². The highest BCUT2D eigenvalue weighted by atomic mass is 35.5. The fourth-order valence-corrected chi connectivity index (χ4v) is 1.12. The van der Waals surface area contributed by atoms with Gasteiger partial charge in [-0.25, -0.2) is 9.97 Å². The number of hydrogen-bond donors (Lipinski definition) is 0. The van der Waals surface area contributed by atoms with Crippen LogP contribution in [0.15, 0.2) is 24.7 Å². The molecule has 1 aromatic heterocycles. The van der Waals surface area contributed by atoms with Gasteiger partial charge < -0.3 is 0 Å². The van der Waals surface area contributed by atoms with Gasteiger partial charge in [-0.15, -0.1) is 0 Å². The van der Waals surface area contributed by atoms with Crippen LogP contribution < -0.4 is 0 Å². The van der Waals surface area contributed by atoms with Crippen molar-refractivity contribution in [2.45, 2.75) is 0 Å². The Balaban J connectivity index is 2.91. The van der Waals surface area contributed by atoms with Gasteiger partial charge in [-0.3, -0.25) is 0 Å². The van der Waals surface area contributed by atoms with E-state index in [0.717, 1.165) is 10.9 Å². The molecule has 0 saturated carbocycles. The molecule has 11 heavy (non-hydrogen) atoms. The molecule has 0 bridgehead atoms. The van der Waals surface area contributed by atoms with Crippen molar-refractivity contribution in [2.24, 2.45) is 0 Å². The highest BCUT2D eigenvalue weighted by Crippen LogP contribution is 2.19. The third-order valence-electron chi connectivity index (χ3n) is 1.43. The summed E-state index contributed by atoms with van der Waals surface area (Å²) in [6.07, 6.45) is 3.19. The number of rotatable bonds is 0. The quantitative estimate of drug-likeness (QED) is 0.594. The Labute approximate surface area is 68.9 Å². The Kier molecular flexibility index (Phi) is 1.47. The standard InChI is InChI=1S/C8H4ClN2/c9-7-2-1-3-8-6(7)4-10-5-11-8/h2-5H. The smallest absolute Gasteiger partial charge is 0.116 e. The zero-order chi connectivity index (χ0) is 7.68. The van der Waals surface area contributed by atoms with E-state index in [4.69, 9.17) is 11.6 Å². The van der Waals surface area contributed by atoms with Gasteiger partial charge in [0.15, 0.2) is 0 Å². The van der Waals surface area contributed by atoms with Crippen LogP contribution in [0.4, 0.5) is 0 Å². The lowest BCUT2D eigenvalue weighted by atomic mass is 10.2. The molecule has 0 spiro atoms. The number of halogens is 1. The molecule has 0 aliphatic heterocycles. The average molecular weight is 164 g/mol. The maximum Gasteiger partial charge on any atom is 0.116 e. The van der Waals surface area contributed by atoms with E-state index in [1.165, 1.54) is 6.33 Å². The second kappa shape index (κ2) is 2.47. The van der Waals surface area contributed by atoms with Crippen LogP contribution in [0.25, 0.3) is 10.9 Å². The molecule has 0 atom stereocenters. The summed E-state index contributed by atoms with van der Waals surface area (Å²) < 4.78 is 0. The van der Waals surface area contributed by atoms with Crippen molar-refractivity contribution in [1.29, 1.82) is 0 Å².